The van der Waals surface area contributed by atoms with E-state index in [1.807, 2.05) is 13.0 Å². The molecule has 0 heterocycles. The largest absolute Gasteiger partial charge is 0.395 e. The van der Waals surface area contributed by atoms with Crippen molar-refractivity contribution in [1.29, 1.82) is 0 Å². The van der Waals surface area contributed by atoms with Crippen molar-refractivity contribution < 1.29 is 5.11 Å². The number of aryl methyl sites for hydroxylation is 2. The van der Waals surface area contributed by atoms with Gasteiger partial charge in [0.1, 0.15) is 0 Å². The van der Waals surface area contributed by atoms with Crippen LogP contribution in [-0.4, -0.2) is 17.8 Å². The van der Waals surface area contributed by atoms with Gasteiger partial charge in [-0.05, 0) is 43.4 Å². The minimum Gasteiger partial charge on any atom is -0.395 e. The Labute approximate surface area is 96.1 Å². The molecule has 3 N–H and O–H groups in total. The van der Waals surface area contributed by atoms with Crippen LogP contribution in [0, 0.1) is 6.92 Å². The van der Waals surface area contributed by atoms with E-state index in [0.717, 1.165) is 29.8 Å². The molecule has 2 nitrogen and oxygen atoms in total. The zero-order chi connectivity index (χ0) is 11.3. The van der Waals surface area contributed by atoms with Crippen molar-refractivity contribution >= 4 is 11.6 Å². The predicted octanol–water partition coefficient (Wildman–Crippen LogP) is 2.29. The average molecular weight is 228 g/mol. The monoisotopic (exact) mass is 227 g/mol. The molecule has 84 valence electrons. The summed E-state index contributed by atoms with van der Waals surface area (Å²) >= 11 is 6.10. The SMILES string of the molecule is Cc1ccc(CCCC(N)CO)c(Cl)c1. The topological polar surface area (TPSA) is 46.2 Å². The van der Waals surface area contributed by atoms with Crippen LogP contribution < -0.4 is 5.73 Å². The Balaban J connectivity index is 2.44. The second-order valence-corrected chi connectivity index (χ2v) is 4.34. The van der Waals surface area contributed by atoms with Crippen molar-refractivity contribution in [2.45, 2.75) is 32.2 Å². The highest BCUT2D eigenvalue weighted by molar-refractivity contribution is 6.31. The molecule has 0 amide bonds. The van der Waals surface area contributed by atoms with Crippen LogP contribution in [-0.2, 0) is 6.42 Å². The van der Waals surface area contributed by atoms with Crippen molar-refractivity contribution in [3.05, 3.63) is 34.3 Å². The van der Waals surface area contributed by atoms with Gasteiger partial charge in [-0.1, -0.05) is 23.7 Å². The molecule has 0 fully saturated rings. The fourth-order valence-electron chi connectivity index (χ4n) is 1.50. The molecule has 3 heteroatoms. The van der Waals surface area contributed by atoms with Crippen LogP contribution in [0.4, 0.5) is 0 Å². The van der Waals surface area contributed by atoms with Gasteiger partial charge >= 0.3 is 0 Å². The lowest BCUT2D eigenvalue weighted by Crippen LogP contribution is -2.24. The molecule has 1 aromatic carbocycles. The zero-order valence-electron chi connectivity index (χ0n) is 9.04. The van der Waals surface area contributed by atoms with E-state index in [1.54, 1.807) is 0 Å². The number of rotatable bonds is 5. The molecule has 0 bridgehead atoms. The summed E-state index contributed by atoms with van der Waals surface area (Å²) in [5, 5.41) is 9.60. The molecular formula is C12H18ClNO. The number of halogens is 1. The summed E-state index contributed by atoms with van der Waals surface area (Å²) < 4.78 is 0. The van der Waals surface area contributed by atoms with E-state index in [4.69, 9.17) is 22.4 Å². The highest BCUT2D eigenvalue weighted by Gasteiger charge is 2.03. The number of aliphatic hydroxyl groups excluding tert-OH is 1. The summed E-state index contributed by atoms with van der Waals surface area (Å²) in [4.78, 5) is 0. The maximum Gasteiger partial charge on any atom is 0.0582 e. The third-order valence-corrected chi connectivity index (χ3v) is 2.82. The standard InChI is InChI=1S/C12H18ClNO/c1-9-5-6-10(12(13)7-9)3-2-4-11(14)8-15/h5-7,11,15H,2-4,8,14H2,1H3. The van der Waals surface area contributed by atoms with Gasteiger partial charge in [-0.15, -0.1) is 0 Å². The Morgan fingerprint density at radius 2 is 2.20 bits per heavy atom. The van der Waals surface area contributed by atoms with Gasteiger partial charge in [0.2, 0.25) is 0 Å². The van der Waals surface area contributed by atoms with E-state index in [1.165, 1.54) is 5.56 Å². The molecule has 0 aliphatic rings. The normalized spacial score (nSPS) is 12.8. The lowest BCUT2D eigenvalue weighted by molar-refractivity contribution is 0.258. The fraction of sp³-hybridized carbons (Fsp3) is 0.500. The van der Waals surface area contributed by atoms with E-state index in [0.29, 0.717) is 0 Å². The molecule has 0 aliphatic heterocycles. The Bertz CT molecular complexity index is 314. The summed E-state index contributed by atoms with van der Waals surface area (Å²) in [5.41, 5.74) is 7.95. The van der Waals surface area contributed by atoms with Gasteiger partial charge in [0, 0.05) is 11.1 Å². The van der Waals surface area contributed by atoms with Crippen LogP contribution in [0.3, 0.4) is 0 Å². The first-order valence-corrected chi connectivity index (χ1v) is 5.62. The first-order chi connectivity index (χ1) is 7.13. The average Bonchev–Trinajstić information content (AvgIpc) is 2.21. The van der Waals surface area contributed by atoms with Gasteiger partial charge in [0.05, 0.1) is 6.61 Å². The van der Waals surface area contributed by atoms with Crippen LogP contribution in [0.1, 0.15) is 24.0 Å². The third-order valence-electron chi connectivity index (χ3n) is 2.46. The van der Waals surface area contributed by atoms with Crippen molar-refractivity contribution in [2.24, 2.45) is 5.73 Å². The van der Waals surface area contributed by atoms with Crippen LogP contribution in [0.2, 0.25) is 5.02 Å². The summed E-state index contributed by atoms with van der Waals surface area (Å²) in [6.45, 7) is 2.08. The maximum absolute atomic E-state index is 8.77. The minimum absolute atomic E-state index is 0.0572. The molecule has 1 atom stereocenters. The van der Waals surface area contributed by atoms with Crippen molar-refractivity contribution in [3.63, 3.8) is 0 Å². The second-order valence-electron chi connectivity index (χ2n) is 3.93. The van der Waals surface area contributed by atoms with E-state index in [-0.39, 0.29) is 12.6 Å². The quantitative estimate of drug-likeness (QED) is 0.811. The molecule has 0 spiro atoms. The Kier molecular flexibility index (Phi) is 5.09. The molecule has 0 aromatic heterocycles. The molecule has 0 saturated carbocycles. The fourth-order valence-corrected chi connectivity index (χ4v) is 1.83. The van der Waals surface area contributed by atoms with Crippen LogP contribution in [0.25, 0.3) is 0 Å². The number of nitrogens with two attached hydrogens (primary N) is 1. The lowest BCUT2D eigenvalue weighted by atomic mass is 10.0. The smallest absolute Gasteiger partial charge is 0.0582 e. The van der Waals surface area contributed by atoms with Gasteiger partial charge in [-0.25, -0.2) is 0 Å². The minimum atomic E-state index is -0.103. The van der Waals surface area contributed by atoms with Crippen molar-refractivity contribution in [3.8, 4) is 0 Å². The van der Waals surface area contributed by atoms with Crippen LogP contribution in [0.15, 0.2) is 18.2 Å². The van der Waals surface area contributed by atoms with Gasteiger partial charge in [-0.3, -0.25) is 0 Å². The van der Waals surface area contributed by atoms with E-state index in [9.17, 15) is 0 Å². The van der Waals surface area contributed by atoms with Gasteiger partial charge in [0.25, 0.3) is 0 Å². The molecular weight excluding hydrogens is 210 g/mol. The molecule has 0 aliphatic carbocycles. The van der Waals surface area contributed by atoms with Crippen LogP contribution in [0.5, 0.6) is 0 Å². The lowest BCUT2D eigenvalue weighted by Gasteiger charge is -2.08. The Morgan fingerprint density at radius 1 is 1.47 bits per heavy atom. The highest BCUT2D eigenvalue weighted by atomic mass is 35.5. The number of aliphatic hydroxyl groups is 1. The molecule has 0 radical (unpaired) electrons. The molecule has 1 unspecified atom stereocenters. The van der Waals surface area contributed by atoms with E-state index < -0.39 is 0 Å². The zero-order valence-corrected chi connectivity index (χ0v) is 9.80. The van der Waals surface area contributed by atoms with Crippen molar-refractivity contribution in [2.75, 3.05) is 6.61 Å². The number of hydrogen-bond donors (Lipinski definition) is 2. The third kappa shape index (κ3) is 4.20. The molecule has 0 saturated heterocycles. The molecule has 15 heavy (non-hydrogen) atoms. The summed E-state index contributed by atoms with van der Waals surface area (Å²) in [7, 11) is 0. The Morgan fingerprint density at radius 3 is 2.80 bits per heavy atom. The summed E-state index contributed by atoms with van der Waals surface area (Å²) in [6, 6.07) is 5.99. The summed E-state index contributed by atoms with van der Waals surface area (Å²) in [6.07, 6.45) is 2.72. The predicted molar refractivity (Wildman–Crippen MR) is 64.2 cm³/mol. The first kappa shape index (κ1) is 12.5. The van der Waals surface area contributed by atoms with Gasteiger partial charge < -0.3 is 10.8 Å². The van der Waals surface area contributed by atoms with Gasteiger partial charge in [0.15, 0.2) is 0 Å². The van der Waals surface area contributed by atoms with E-state index in [2.05, 4.69) is 12.1 Å². The van der Waals surface area contributed by atoms with Crippen molar-refractivity contribution in [1.82, 2.24) is 0 Å². The number of hydrogen-bond acceptors (Lipinski definition) is 2. The molecule has 1 aromatic rings. The van der Waals surface area contributed by atoms with Gasteiger partial charge in [-0.2, -0.15) is 0 Å². The Hall–Kier alpha value is -0.570. The summed E-state index contributed by atoms with van der Waals surface area (Å²) in [5.74, 6) is 0. The maximum atomic E-state index is 8.77. The first-order valence-electron chi connectivity index (χ1n) is 5.25. The number of benzene rings is 1. The van der Waals surface area contributed by atoms with Crippen LogP contribution >= 0.6 is 11.6 Å². The molecule has 1 rings (SSSR count). The van der Waals surface area contributed by atoms with E-state index >= 15 is 0 Å². The second kappa shape index (κ2) is 6.11. The highest BCUT2D eigenvalue weighted by Crippen LogP contribution is 2.19.